The van der Waals surface area contributed by atoms with Gasteiger partial charge in [-0.05, 0) is 31.5 Å². The van der Waals surface area contributed by atoms with Gasteiger partial charge in [0.15, 0.2) is 0 Å². The maximum Gasteiger partial charge on any atom is 0.340 e. The molecule has 0 aliphatic carbocycles. The number of nitrogens with one attached hydrogen (secondary N) is 2. The molecule has 9 nitrogen and oxygen atoms in total. The summed E-state index contributed by atoms with van der Waals surface area (Å²) in [4.78, 5) is 46.2. The second-order valence-corrected chi connectivity index (χ2v) is 5.89. The summed E-state index contributed by atoms with van der Waals surface area (Å²) in [5.74, 6) is -1.80. The number of benzene rings is 1. The van der Waals surface area contributed by atoms with E-state index in [0.717, 1.165) is 0 Å². The molecule has 0 aliphatic heterocycles. The van der Waals surface area contributed by atoms with E-state index >= 15 is 0 Å². The number of hydrogen-bond donors (Lipinski definition) is 3. The summed E-state index contributed by atoms with van der Waals surface area (Å²) < 4.78 is 10.6. The maximum absolute atomic E-state index is 12.3. The Hall–Kier alpha value is -3.36. The fraction of sp³-hybridized carbons (Fsp3) is 0.333. The van der Waals surface area contributed by atoms with Gasteiger partial charge in [0.25, 0.3) is 0 Å². The van der Waals surface area contributed by atoms with Crippen molar-refractivity contribution in [2.45, 2.75) is 20.3 Å². The van der Waals surface area contributed by atoms with Crippen LogP contribution in [0.15, 0.2) is 21.3 Å². The Morgan fingerprint density at radius 3 is 2.37 bits per heavy atom. The van der Waals surface area contributed by atoms with Crippen LogP contribution in [0.3, 0.4) is 0 Å². The van der Waals surface area contributed by atoms with Crippen LogP contribution in [0.4, 0.5) is 0 Å². The lowest BCUT2D eigenvalue weighted by Gasteiger charge is -2.11. The number of hydrogen-bond acceptors (Lipinski definition) is 6. The lowest BCUT2D eigenvalue weighted by atomic mass is 10.0. The first-order valence-electron chi connectivity index (χ1n) is 8.09. The molecule has 0 saturated carbocycles. The van der Waals surface area contributed by atoms with E-state index in [4.69, 9.17) is 14.3 Å². The number of carbonyl (C=O) groups is 3. The average Bonchev–Trinajstić information content (AvgIpc) is 2.62. The molecule has 1 heterocycles. The molecule has 0 radical (unpaired) electrons. The SMILES string of the molecule is COc1ccc2c(C)c(CC(=O)NCC(=O)NCC(=O)O)c(=O)oc2c1C. The van der Waals surface area contributed by atoms with Crippen molar-refractivity contribution >= 4 is 28.8 Å². The minimum Gasteiger partial charge on any atom is -0.496 e. The van der Waals surface area contributed by atoms with E-state index in [1.807, 2.05) is 0 Å². The second-order valence-electron chi connectivity index (χ2n) is 5.89. The number of aryl methyl sites for hydroxylation is 2. The first kappa shape index (κ1) is 20.0. The monoisotopic (exact) mass is 376 g/mol. The molecule has 0 unspecified atom stereocenters. The van der Waals surface area contributed by atoms with Gasteiger partial charge in [-0.2, -0.15) is 0 Å². The largest absolute Gasteiger partial charge is 0.496 e. The van der Waals surface area contributed by atoms with Crippen LogP contribution in [0, 0.1) is 13.8 Å². The van der Waals surface area contributed by atoms with Crippen LogP contribution in [0.2, 0.25) is 0 Å². The molecule has 2 rings (SSSR count). The summed E-state index contributed by atoms with van der Waals surface area (Å²) in [5.41, 5.74) is 1.24. The van der Waals surface area contributed by atoms with E-state index in [9.17, 15) is 19.2 Å². The molecule has 0 bridgehead atoms. The predicted octanol–water partition coefficient (Wildman–Crippen LogP) is 0.278. The third-order valence-electron chi connectivity index (χ3n) is 4.09. The zero-order chi connectivity index (χ0) is 20.1. The van der Waals surface area contributed by atoms with Crippen molar-refractivity contribution < 1.29 is 28.6 Å². The molecule has 1 aromatic carbocycles. The summed E-state index contributed by atoms with van der Waals surface area (Å²) in [6.45, 7) is 2.56. The normalized spacial score (nSPS) is 10.5. The summed E-state index contributed by atoms with van der Waals surface area (Å²) >= 11 is 0. The fourth-order valence-electron chi connectivity index (χ4n) is 2.63. The van der Waals surface area contributed by atoms with Crippen LogP contribution >= 0.6 is 0 Å². The van der Waals surface area contributed by atoms with Gasteiger partial charge in [0.05, 0.1) is 25.6 Å². The van der Waals surface area contributed by atoms with Crippen LogP contribution in [-0.2, 0) is 20.8 Å². The first-order valence-corrected chi connectivity index (χ1v) is 8.09. The standard InChI is InChI=1S/C18H20N2O7/c1-9-11-4-5-13(26-3)10(2)17(11)27-18(25)12(9)6-14(21)19-7-15(22)20-8-16(23)24/h4-5H,6-8H2,1-3H3,(H,19,21)(H,20,22)(H,23,24). The number of rotatable bonds is 7. The van der Waals surface area contributed by atoms with Crippen molar-refractivity contribution in [3.63, 3.8) is 0 Å². The number of ether oxygens (including phenoxy) is 1. The van der Waals surface area contributed by atoms with Crippen LogP contribution in [-0.4, -0.2) is 43.1 Å². The molecular weight excluding hydrogens is 356 g/mol. The van der Waals surface area contributed by atoms with Crippen LogP contribution in [0.25, 0.3) is 11.0 Å². The maximum atomic E-state index is 12.3. The number of aliphatic carboxylic acids is 1. The highest BCUT2D eigenvalue weighted by Gasteiger charge is 2.17. The number of methoxy groups -OCH3 is 1. The van der Waals surface area contributed by atoms with Gasteiger partial charge in [-0.1, -0.05) is 0 Å². The topological polar surface area (TPSA) is 135 Å². The van der Waals surface area contributed by atoms with Crippen LogP contribution in [0.1, 0.15) is 16.7 Å². The smallest absolute Gasteiger partial charge is 0.340 e. The van der Waals surface area contributed by atoms with Gasteiger partial charge in [0, 0.05) is 10.9 Å². The highest BCUT2D eigenvalue weighted by molar-refractivity contribution is 5.89. The van der Waals surface area contributed by atoms with Crippen LogP contribution in [0.5, 0.6) is 5.75 Å². The minimum atomic E-state index is -1.19. The van der Waals surface area contributed by atoms with Gasteiger partial charge in [0.2, 0.25) is 11.8 Å². The molecule has 0 saturated heterocycles. The summed E-state index contributed by atoms with van der Waals surface area (Å²) in [6.07, 6.45) is -0.263. The lowest BCUT2D eigenvalue weighted by Crippen LogP contribution is -2.39. The number of amides is 2. The van der Waals surface area contributed by atoms with Crippen molar-refractivity contribution in [1.29, 1.82) is 0 Å². The lowest BCUT2D eigenvalue weighted by molar-refractivity contribution is -0.137. The van der Waals surface area contributed by atoms with Gasteiger partial charge in [-0.15, -0.1) is 0 Å². The molecule has 0 fully saturated rings. The fourth-order valence-corrected chi connectivity index (χ4v) is 2.63. The zero-order valence-electron chi connectivity index (χ0n) is 15.2. The van der Waals surface area contributed by atoms with E-state index in [1.165, 1.54) is 7.11 Å². The Labute approximate surface area is 154 Å². The highest BCUT2D eigenvalue weighted by atomic mass is 16.5. The molecule has 3 N–H and O–H groups in total. The zero-order valence-corrected chi connectivity index (χ0v) is 15.2. The van der Waals surface area contributed by atoms with Gasteiger partial charge < -0.3 is 24.9 Å². The number of carboxylic acid groups (broad SMARTS) is 1. The van der Waals surface area contributed by atoms with E-state index in [0.29, 0.717) is 27.8 Å². The third kappa shape index (κ3) is 4.63. The quantitative estimate of drug-likeness (QED) is 0.591. The molecule has 9 heteroatoms. The Kier molecular flexibility index (Phi) is 6.17. The van der Waals surface area contributed by atoms with E-state index in [1.54, 1.807) is 26.0 Å². The van der Waals surface area contributed by atoms with Crippen molar-refractivity contribution in [2.24, 2.45) is 0 Å². The van der Waals surface area contributed by atoms with Crippen molar-refractivity contribution in [3.05, 3.63) is 39.2 Å². The Balaban J connectivity index is 2.17. The second kappa shape index (κ2) is 8.35. The van der Waals surface area contributed by atoms with Crippen molar-refractivity contribution in [3.8, 4) is 5.75 Å². The molecule has 27 heavy (non-hydrogen) atoms. The van der Waals surface area contributed by atoms with Crippen molar-refractivity contribution in [2.75, 3.05) is 20.2 Å². The molecule has 0 aliphatic rings. The summed E-state index contributed by atoms with van der Waals surface area (Å²) in [5, 5.41) is 13.6. The van der Waals surface area contributed by atoms with Crippen LogP contribution < -0.4 is 21.0 Å². The molecule has 144 valence electrons. The first-order chi connectivity index (χ1) is 12.7. The summed E-state index contributed by atoms with van der Waals surface area (Å²) in [7, 11) is 1.52. The number of fused-ring (bicyclic) bond motifs is 1. The van der Waals surface area contributed by atoms with Crippen molar-refractivity contribution in [1.82, 2.24) is 10.6 Å². The van der Waals surface area contributed by atoms with Gasteiger partial charge in [0.1, 0.15) is 17.9 Å². The molecular formula is C18H20N2O7. The van der Waals surface area contributed by atoms with E-state index in [-0.39, 0.29) is 18.5 Å². The molecule has 1 aromatic heterocycles. The Bertz CT molecular complexity index is 962. The molecule has 2 amide bonds. The molecule has 2 aromatic rings. The van der Waals surface area contributed by atoms with Gasteiger partial charge in [-0.3, -0.25) is 14.4 Å². The Morgan fingerprint density at radius 1 is 1.07 bits per heavy atom. The van der Waals surface area contributed by atoms with E-state index < -0.39 is 30.0 Å². The van der Waals surface area contributed by atoms with E-state index in [2.05, 4.69) is 10.6 Å². The third-order valence-corrected chi connectivity index (χ3v) is 4.09. The number of carboxylic acids is 1. The predicted molar refractivity (Wildman–Crippen MR) is 95.9 cm³/mol. The molecule has 0 spiro atoms. The number of carbonyl (C=O) groups excluding carboxylic acids is 2. The molecule has 0 atom stereocenters. The summed E-state index contributed by atoms with van der Waals surface area (Å²) in [6, 6.07) is 3.50. The highest BCUT2D eigenvalue weighted by Crippen LogP contribution is 2.29. The minimum absolute atomic E-state index is 0.190. The van der Waals surface area contributed by atoms with Gasteiger partial charge >= 0.3 is 11.6 Å². The average molecular weight is 376 g/mol. The van der Waals surface area contributed by atoms with Gasteiger partial charge in [-0.25, -0.2) is 4.79 Å². The Morgan fingerprint density at radius 2 is 1.74 bits per heavy atom.